The van der Waals surface area contributed by atoms with Crippen molar-refractivity contribution >= 4 is 33.5 Å². The average molecular weight is 317 g/mol. The van der Waals surface area contributed by atoms with Gasteiger partial charge in [0.25, 0.3) is 10.0 Å². The lowest BCUT2D eigenvalue weighted by Crippen LogP contribution is -2.16. The Hall–Kier alpha value is -2.13. The number of anilines is 1. The summed E-state index contributed by atoms with van der Waals surface area (Å²) < 4.78 is 27.6. The molecule has 0 fully saturated rings. The zero-order valence-electron chi connectivity index (χ0n) is 10.1. The number of benzene rings is 1. The second-order valence-electron chi connectivity index (χ2n) is 3.76. The Morgan fingerprint density at radius 2 is 2.15 bits per heavy atom. The lowest BCUT2D eigenvalue weighted by molar-refractivity contribution is 0.0697. The van der Waals surface area contributed by atoms with E-state index in [2.05, 4.69) is 14.8 Å². The summed E-state index contributed by atoms with van der Waals surface area (Å²) in [7, 11) is -2.40. The van der Waals surface area contributed by atoms with Gasteiger partial charge in [0.15, 0.2) is 0 Å². The summed E-state index contributed by atoms with van der Waals surface area (Å²) in [5.74, 6) is -1.20. The SMILES string of the molecule is Cn1ncnc1NS(=O)(=O)c1ccc(C(=O)O)c(Cl)c1. The van der Waals surface area contributed by atoms with Crippen molar-refractivity contribution in [3.63, 3.8) is 0 Å². The number of aryl methyl sites for hydroxylation is 1. The highest BCUT2D eigenvalue weighted by molar-refractivity contribution is 7.92. The molecule has 2 N–H and O–H groups in total. The molecule has 0 atom stereocenters. The standard InChI is InChI=1S/C10H9ClN4O4S/c1-15-10(12-5-13-15)14-20(18,19)6-2-3-7(9(16)17)8(11)4-6/h2-5H,1H3,(H,16,17)(H,12,13,14). The first kappa shape index (κ1) is 14.3. The first-order chi connectivity index (χ1) is 9.31. The molecule has 10 heteroatoms. The molecule has 8 nitrogen and oxygen atoms in total. The van der Waals surface area contributed by atoms with Crippen molar-refractivity contribution < 1.29 is 18.3 Å². The van der Waals surface area contributed by atoms with Crippen molar-refractivity contribution in [2.24, 2.45) is 7.05 Å². The third-order valence-corrected chi connectivity index (χ3v) is 4.06. The van der Waals surface area contributed by atoms with Crippen LogP contribution in [-0.4, -0.2) is 34.3 Å². The summed E-state index contributed by atoms with van der Waals surface area (Å²) in [5, 5.41) is 12.4. The largest absolute Gasteiger partial charge is 0.478 e. The van der Waals surface area contributed by atoms with Gasteiger partial charge in [-0.3, -0.25) is 0 Å². The molecule has 0 saturated heterocycles. The van der Waals surface area contributed by atoms with Crippen LogP contribution < -0.4 is 4.72 Å². The van der Waals surface area contributed by atoms with Crippen LogP contribution in [0.2, 0.25) is 5.02 Å². The van der Waals surface area contributed by atoms with E-state index in [1.54, 1.807) is 0 Å². The molecule has 1 heterocycles. The molecule has 20 heavy (non-hydrogen) atoms. The number of hydrogen-bond acceptors (Lipinski definition) is 5. The van der Waals surface area contributed by atoms with Crippen LogP contribution in [0, 0.1) is 0 Å². The second-order valence-corrected chi connectivity index (χ2v) is 5.85. The molecular weight excluding hydrogens is 308 g/mol. The van der Waals surface area contributed by atoms with Gasteiger partial charge in [0.05, 0.1) is 15.5 Å². The number of sulfonamides is 1. The molecule has 0 radical (unpaired) electrons. The van der Waals surface area contributed by atoms with Gasteiger partial charge in [-0.1, -0.05) is 11.6 Å². The highest BCUT2D eigenvalue weighted by atomic mass is 35.5. The molecule has 0 bridgehead atoms. The summed E-state index contributed by atoms with van der Waals surface area (Å²) in [5.41, 5.74) is -0.177. The van der Waals surface area contributed by atoms with E-state index >= 15 is 0 Å². The number of nitrogens with one attached hydrogen (secondary N) is 1. The molecule has 1 aromatic heterocycles. The Labute approximate surface area is 119 Å². The molecule has 0 unspecified atom stereocenters. The van der Waals surface area contributed by atoms with Crippen molar-refractivity contribution in [2.75, 3.05) is 4.72 Å². The molecule has 0 amide bonds. The van der Waals surface area contributed by atoms with E-state index in [0.717, 1.165) is 18.2 Å². The number of carboxylic acids is 1. The molecule has 0 aliphatic rings. The van der Waals surface area contributed by atoms with Gasteiger partial charge in [-0.25, -0.2) is 22.6 Å². The van der Waals surface area contributed by atoms with Crippen LogP contribution in [0.25, 0.3) is 0 Å². The maximum Gasteiger partial charge on any atom is 0.337 e. The molecule has 2 rings (SSSR count). The minimum absolute atomic E-state index is 0.0310. The predicted molar refractivity (Wildman–Crippen MR) is 70.2 cm³/mol. The van der Waals surface area contributed by atoms with E-state index in [-0.39, 0.29) is 21.4 Å². The minimum atomic E-state index is -3.92. The van der Waals surface area contributed by atoms with Gasteiger partial charge in [-0.15, -0.1) is 0 Å². The van der Waals surface area contributed by atoms with E-state index in [1.807, 2.05) is 0 Å². The maximum absolute atomic E-state index is 12.1. The lowest BCUT2D eigenvalue weighted by atomic mass is 10.2. The number of nitrogens with zero attached hydrogens (tertiary/aromatic N) is 3. The van der Waals surface area contributed by atoms with E-state index in [1.165, 1.54) is 18.1 Å². The Balaban J connectivity index is 2.38. The molecule has 0 aliphatic heterocycles. The second kappa shape index (κ2) is 5.10. The quantitative estimate of drug-likeness (QED) is 0.868. The van der Waals surface area contributed by atoms with Crippen molar-refractivity contribution in [3.8, 4) is 0 Å². The number of hydrogen-bond donors (Lipinski definition) is 2. The molecular formula is C10H9ClN4O4S. The van der Waals surface area contributed by atoms with Crippen LogP contribution in [-0.2, 0) is 17.1 Å². The number of carboxylic acid groups (broad SMARTS) is 1. The number of carbonyl (C=O) groups is 1. The minimum Gasteiger partial charge on any atom is -0.478 e. The van der Waals surface area contributed by atoms with Gasteiger partial charge in [0, 0.05) is 7.05 Å². The fraction of sp³-hybridized carbons (Fsp3) is 0.100. The van der Waals surface area contributed by atoms with Crippen LogP contribution in [0.1, 0.15) is 10.4 Å². The number of aromatic carboxylic acids is 1. The molecule has 106 valence electrons. The summed E-state index contributed by atoms with van der Waals surface area (Å²) >= 11 is 5.74. The van der Waals surface area contributed by atoms with Crippen molar-refractivity contribution in [1.29, 1.82) is 0 Å². The fourth-order valence-corrected chi connectivity index (χ4v) is 2.79. The van der Waals surface area contributed by atoms with E-state index in [4.69, 9.17) is 16.7 Å². The summed E-state index contributed by atoms with van der Waals surface area (Å²) in [6.07, 6.45) is 1.19. The first-order valence-electron chi connectivity index (χ1n) is 5.21. The topological polar surface area (TPSA) is 114 Å². The molecule has 0 aliphatic carbocycles. The number of halogens is 1. The molecule has 0 spiro atoms. The fourth-order valence-electron chi connectivity index (χ4n) is 1.40. The van der Waals surface area contributed by atoms with Crippen LogP contribution in [0.15, 0.2) is 29.4 Å². The van der Waals surface area contributed by atoms with E-state index < -0.39 is 16.0 Å². The normalized spacial score (nSPS) is 11.3. The highest BCUT2D eigenvalue weighted by Gasteiger charge is 2.19. The van der Waals surface area contributed by atoms with Gasteiger partial charge in [-0.2, -0.15) is 10.1 Å². The third kappa shape index (κ3) is 2.73. The van der Waals surface area contributed by atoms with Gasteiger partial charge in [0.1, 0.15) is 6.33 Å². The molecule has 2 aromatic rings. The van der Waals surface area contributed by atoms with Crippen LogP contribution >= 0.6 is 11.6 Å². The smallest absolute Gasteiger partial charge is 0.337 e. The zero-order valence-corrected chi connectivity index (χ0v) is 11.7. The van der Waals surface area contributed by atoms with Crippen molar-refractivity contribution in [2.45, 2.75) is 4.90 Å². The lowest BCUT2D eigenvalue weighted by Gasteiger charge is -2.08. The van der Waals surface area contributed by atoms with Gasteiger partial charge in [0.2, 0.25) is 5.95 Å². The van der Waals surface area contributed by atoms with Crippen LogP contribution in [0.3, 0.4) is 0 Å². The van der Waals surface area contributed by atoms with Crippen molar-refractivity contribution in [3.05, 3.63) is 35.1 Å². The molecule has 0 saturated carbocycles. The van der Waals surface area contributed by atoms with Gasteiger partial charge >= 0.3 is 5.97 Å². The monoisotopic (exact) mass is 316 g/mol. The summed E-state index contributed by atoms with van der Waals surface area (Å²) in [4.78, 5) is 14.4. The van der Waals surface area contributed by atoms with Gasteiger partial charge in [-0.05, 0) is 18.2 Å². The summed E-state index contributed by atoms with van der Waals surface area (Å²) in [6, 6.07) is 3.33. The Kier molecular flexibility index (Phi) is 3.64. The maximum atomic E-state index is 12.1. The Morgan fingerprint density at radius 1 is 1.45 bits per heavy atom. The highest BCUT2D eigenvalue weighted by Crippen LogP contribution is 2.22. The molecule has 1 aromatic carbocycles. The average Bonchev–Trinajstić information content (AvgIpc) is 2.73. The van der Waals surface area contributed by atoms with E-state index in [9.17, 15) is 13.2 Å². The summed E-state index contributed by atoms with van der Waals surface area (Å²) in [6.45, 7) is 0. The van der Waals surface area contributed by atoms with Crippen LogP contribution in [0.4, 0.5) is 5.95 Å². The number of aromatic nitrogens is 3. The van der Waals surface area contributed by atoms with Crippen LogP contribution in [0.5, 0.6) is 0 Å². The first-order valence-corrected chi connectivity index (χ1v) is 7.07. The third-order valence-electron chi connectivity index (χ3n) is 2.42. The van der Waals surface area contributed by atoms with E-state index in [0.29, 0.717) is 0 Å². The van der Waals surface area contributed by atoms with Gasteiger partial charge < -0.3 is 5.11 Å². The predicted octanol–water partition coefficient (Wildman–Crippen LogP) is 0.968. The van der Waals surface area contributed by atoms with Crippen molar-refractivity contribution in [1.82, 2.24) is 14.8 Å². The Morgan fingerprint density at radius 3 is 2.65 bits per heavy atom. The Bertz CT molecular complexity index is 771. The zero-order chi connectivity index (χ0) is 14.9. The number of rotatable bonds is 4.